The first-order chi connectivity index (χ1) is 20.7. The minimum atomic E-state index is -2.58. The molecule has 2 aliphatic heterocycles. The van der Waals surface area contributed by atoms with Gasteiger partial charge in [0.25, 0.3) is 0 Å². The van der Waals surface area contributed by atoms with Gasteiger partial charge in [-0.05, 0) is 19.1 Å². The van der Waals surface area contributed by atoms with Crippen LogP contribution in [0, 0.1) is 18.3 Å². The predicted molar refractivity (Wildman–Crippen MR) is 161 cm³/mol. The van der Waals surface area contributed by atoms with Gasteiger partial charge in [-0.3, -0.25) is 9.69 Å². The number of carbonyl (C=O) groups is 1. The molecule has 2 fully saturated rings. The second-order valence-electron chi connectivity index (χ2n) is 11.0. The van der Waals surface area contributed by atoms with Crippen LogP contribution in [0.15, 0.2) is 42.6 Å². The fraction of sp³-hybridized carbons (Fsp3) is 0.400. The van der Waals surface area contributed by atoms with E-state index in [1.54, 1.807) is 27.6 Å². The van der Waals surface area contributed by atoms with Crippen LogP contribution in [-0.4, -0.2) is 101 Å². The summed E-state index contributed by atoms with van der Waals surface area (Å²) in [6.07, 6.45) is -1.73. The van der Waals surface area contributed by atoms with Gasteiger partial charge in [-0.25, -0.2) is 18.3 Å². The van der Waals surface area contributed by atoms with Crippen molar-refractivity contribution in [1.82, 2.24) is 24.4 Å². The number of aromatic nitrogens is 3. The van der Waals surface area contributed by atoms with Gasteiger partial charge in [0.15, 0.2) is 5.13 Å². The van der Waals surface area contributed by atoms with E-state index < -0.39 is 19.0 Å². The maximum Gasteiger partial charge on any atom is 0.244 e. The Kier molecular flexibility index (Phi) is 8.00. The molecule has 0 unspecified atom stereocenters. The molecule has 5 heterocycles. The van der Waals surface area contributed by atoms with Crippen molar-refractivity contribution in [2.75, 3.05) is 62.7 Å². The molecule has 1 aromatic carbocycles. The molecule has 2 aliphatic rings. The molecule has 0 aliphatic carbocycles. The molecular weight excluding hydrogens is 574 g/mol. The summed E-state index contributed by atoms with van der Waals surface area (Å²) in [7, 11) is 1.77. The Morgan fingerprint density at radius 1 is 1.19 bits per heavy atom. The number of aliphatic hydroxyl groups excluding tert-OH is 1. The highest BCUT2D eigenvalue weighted by Crippen LogP contribution is 2.39. The largest absolute Gasteiger partial charge is 0.389 e. The number of pyridine rings is 1. The molecule has 3 aromatic heterocycles. The van der Waals surface area contributed by atoms with E-state index >= 15 is 0 Å². The van der Waals surface area contributed by atoms with E-state index in [1.807, 2.05) is 43.3 Å². The number of rotatable bonds is 8. The van der Waals surface area contributed by atoms with Crippen molar-refractivity contribution in [3.8, 4) is 17.3 Å². The van der Waals surface area contributed by atoms with E-state index in [0.29, 0.717) is 72.7 Å². The zero-order valence-electron chi connectivity index (χ0n) is 24.0. The predicted octanol–water partition coefficient (Wildman–Crippen LogP) is 3.54. The van der Waals surface area contributed by atoms with Gasteiger partial charge in [-0.15, -0.1) is 0 Å². The monoisotopic (exact) mass is 606 g/mol. The summed E-state index contributed by atoms with van der Waals surface area (Å²) in [6, 6.07) is 13.9. The molecule has 4 aromatic rings. The lowest BCUT2D eigenvalue weighted by molar-refractivity contribution is -0.142. The molecule has 2 saturated heterocycles. The number of thiazole rings is 1. The summed E-state index contributed by atoms with van der Waals surface area (Å²) < 4.78 is 29.0. The normalized spacial score (nSPS) is 16.1. The number of fused-ring (bicyclic) bond motifs is 1. The highest BCUT2D eigenvalue weighted by Gasteiger charge is 2.31. The number of carbonyl (C=O) groups excluding carboxylic acids is 1. The topological polar surface area (TPSA) is 104 Å². The molecule has 6 rings (SSSR count). The molecule has 0 atom stereocenters. The third kappa shape index (κ3) is 5.90. The maximum atomic E-state index is 13.7. The van der Waals surface area contributed by atoms with Crippen LogP contribution in [0.4, 0.5) is 25.3 Å². The molecule has 224 valence electrons. The Morgan fingerprint density at radius 3 is 2.56 bits per heavy atom. The van der Waals surface area contributed by atoms with Crippen LogP contribution in [0.2, 0.25) is 0 Å². The van der Waals surface area contributed by atoms with Crippen molar-refractivity contribution in [2.45, 2.75) is 25.9 Å². The second kappa shape index (κ2) is 11.9. The van der Waals surface area contributed by atoms with Gasteiger partial charge in [0.05, 0.1) is 36.0 Å². The fourth-order valence-corrected chi connectivity index (χ4v) is 6.42. The number of halogens is 2. The number of alkyl halides is 2. The van der Waals surface area contributed by atoms with Gasteiger partial charge in [0, 0.05) is 63.8 Å². The van der Waals surface area contributed by atoms with Crippen LogP contribution in [0.5, 0.6) is 0 Å². The second-order valence-corrected chi connectivity index (χ2v) is 12.0. The average molecular weight is 607 g/mol. The SMILES string of the molecule is Cc1ccc(-c2nc(N(C)c3c(CC(F)F)nn4ccc(N5CCN(CC(=O)N6CC(O)C6)CC5)cc34)sc2C#N)cc1. The smallest absolute Gasteiger partial charge is 0.244 e. The van der Waals surface area contributed by atoms with Gasteiger partial charge >= 0.3 is 0 Å². The van der Waals surface area contributed by atoms with E-state index in [1.165, 1.54) is 11.3 Å². The van der Waals surface area contributed by atoms with Crippen LogP contribution in [0.1, 0.15) is 16.1 Å². The Morgan fingerprint density at radius 2 is 1.91 bits per heavy atom. The lowest BCUT2D eigenvalue weighted by Crippen LogP contribution is -2.57. The number of likely N-dealkylation sites (tertiary alicyclic amines) is 1. The number of amides is 1. The summed E-state index contributed by atoms with van der Waals surface area (Å²) in [6.45, 7) is 5.93. The van der Waals surface area contributed by atoms with Crippen molar-refractivity contribution in [2.24, 2.45) is 0 Å². The maximum absolute atomic E-state index is 13.7. The lowest BCUT2D eigenvalue weighted by Gasteiger charge is -2.39. The minimum absolute atomic E-state index is 0.0333. The highest BCUT2D eigenvalue weighted by molar-refractivity contribution is 7.16. The highest BCUT2D eigenvalue weighted by atomic mass is 32.1. The summed E-state index contributed by atoms with van der Waals surface area (Å²) in [5.74, 6) is 0.0333. The van der Waals surface area contributed by atoms with Crippen molar-refractivity contribution in [3.63, 3.8) is 0 Å². The van der Waals surface area contributed by atoms with Crippen LogP contribution in [0.3, 0.4) is 0 Å². The Hall–Kier alpha value is -4.12. The zero-order chi connectivity index (χ0) is 30.2. The number of piperazine rings is 1. The molecular formula is C30H32F2N8O2S. The van der Waals surface area contributed by atoms with Crippen LogP contribution in [-0.2, 0) is 11.2 Å². The molecule has 1 N–H and O–H groups in total. The summed E-state index contributed by atoms with van der Waals surface area (Å²) in [4.78, 5) is 25.4. The third-order valence-electron chi connectivity index (χ3n) is 7.99. The van der Waals surface area contributed by atoms with Crippen LogP contribution < -0.4 is 9.80 Å². The molecule has 43 heavy (non-hydrogen) atoms. The number of aliphatic hydroxyl groups is 1. The molecule has 1 amide bonds. The number of benzene rings is 1. The van der Waals surface area contributed by atoms with Gasteiger partial charge in [-0.1, -0.05) is 41.2 Å². The van der Waals surface area contributed by atoms with Crippen LogP contribution >= 0.6 is 11.3 Å². The molecule has 13 heteroatoms. The van der Waals surface area contributed by atoms with E-state index in [2.05, 4.69) is 21.0 Å². The molecule has 0 radical (unpaired) electrons. The number of hydrogen-bond donors (Lipinski definition) is 1. The Balaban J connectivity index is 1.27. The summed E-state index contributed by atoms with van der Waals surface area (Å²) >= 11 is 1.21. The molecule has 0 spiro atoms. The van der Waals surface area contributed by atoms with Crippen molar-refractivity contribution >= 4 is 39.3 Å². The number of nitriles is 1. The number of hydrogen-bond acceptors (Lipinski definition) is 9. The first kappa shape index (κ1) is 29.0. The summed E-state index contributed by atoms with van der Waals surface area (Å²) in [5.41, 5.74) is 4.84. The Labute approximate surface area is 252 Å². The van der Waals surface area contributed by atoms with E-state index in [9.17, 15) is 23.9 Å². The fourth-order valence-electron chi connectivity index (χ4n) is 5.56. The number of anilines is 3. The van der Waals surface area contributed by atoms with Crippen LogP contribution in [0.25, 0.3) is 16.8 Å². The quantitative estimate of drug-likeness (QED) is 0.325. The zero-order valence-corrected chi connectivity index (χ0v) is 24.8. The number of nitrogens with zero attached hydrogens (tertiary/aromatic N) is 8. The number of aryl methyl sites for hydroxylation is 1. The standard InChI is InChI=1S/C30H32F2N8O2S/c1-19-3-5-20(6-4-19)28-25(15-33)43-30(34-28)36(2)29-23(14-26(31)32)35-40-8-7-21(13-24(29)40)38-11-9-37(10-12-38)18-27(42)39-16-22(41)17-39/h3-8,13,22,26,41H,9-12,14,16-18H2,1-2H3. The first-order valence-electron chi connectivity index (χ1n) is 14.1. The first-order valence-corrected chi connectivity index (χ1v) is 15.0. The van der Waals surface area contributed by atoms with Crippen molar-refractivity contribution in [1.29, 1.82) is 5.26 Å². The summed E-state index contributed by atoms with van der Waals surface area (Å²) in [5, 5.41) is 24.3. The van der Waals surface area contributed by atoms with E-state index in [0.717, 1.165) is 16.8 Å². The van der Waals surface area contributed by atoms with Crippen molar-refractivity contribution < 1.29 is 18.7 Å². The average Bonchev–Trinajstić information content (AvgIpc) is 3.56. The lowest BCUT2D eigenvalue weighted by atomic mass is 10.1. The Bertz CT molecular complexity index is 1670. The molecule has 0 bridgehead atoms. The minimum Gasteiger partial charge on any atom is -0.389 e. The number of β-amino-alcohol motifs (C(OH)–C–C–N with tert-alkyl or cyclic N) is 1. The van der Waals surface area contributed by atoms with Gasteiger partial charge in [0.2, 0.25) is 12.3 Å². The molecule has 0 saturated carbocycles. The third-order valence-corrected chi connectivity index (χ3v) is 9.02. The van der Waals surface area contributed by atoms with E-state index in [4.69, 9.17) is 4.98 Å². The van der Waals surface area contributed by atoms with E-state index in [-0.39, 0.29) is 11.6 Å². The molecule has 10 nitrogen and oxygen atoms in total. The van der Waals surface area contributed by atoms with Gasteiger partial charge < -0.3 is 19.8 Å². The van der Waals surface area contributed by atoms with Gasteiger partial charge in [-0.2, -0.15) is 10.4 Å². The van der Waals surface area contributed by atoms with Crippen molar-refractivity contribution in [3.05, 3.63) is 58.7 Å². The van der Waals surface area contributed by atoms with Gasteiger partial charge in [0.1, 0.15) is 16.6 Å².